The predicted octanol–water partition coefficient (Wildman–Crippen LogP) is 3.39. The Balaban J connectivity index is 2.16. The lowest BCUT2D eigenvalue weighted by molar-refractivity contribution is 0.122. The van der Waals surface area contributed by atoms with E-state index in [4.69, 9.17) is 4.84 Å². The van der Waals surface area contributed by atoms with Crippen LogP contribution in [0.4, 0.5) is 16.3 Å². The Hall–Kier alpha value is -1.61. The van der Waals surface area contributed by atoms with Gasteiger partial charge in [0, 0.05) is 3.57 Å². The van der Waals surface area contributed by atoms with Crippen LogP contribution in [0.15, 0.2) is 36.8 Å². The first-order valence-electron chi connectivity index (χ1n) is 6.18. The molecule has 1 heterocycles. The molecule has 20 heavy (non-hydrogen) atoms. The zero-order chi connectivity index (χ0) is 14.4. The summed E-state index contributed by atoms with van der Waals surface area (Å²) in [5, 5.41) is 3.95. The minimum Gasteiger partial charge on any atom is -0.331 e. The van der Waals surface area contributed by atoms with Crippen molar-refractivity contribution in [3.05, 3.63) is 40.4 Å². The van der Waals surface area contributed by atoms with Gasteiger partial charge in [-0.05, 0) is 47.2 Å². The molecule has 0 saturated carbocycles. The number of urea groups is 1. The molecule has 2 rings (SSSR count). The summed E-state index contributed by atoms with van der Waals surface area (Å²) in [6, 6.07) is 7.16. The first-order valence-corrected chi connectivity index (χ1v) is 7.26. The number of amides is 2. The average molecular weight is 386 g/mol. The van der Waals surface area contributed by atoms with Crippen molar-refractivity contribution >= 4 is 40.1 Å². The molecule has 0 radical (unpaired) electrons. The molecule has 0 unspecified atom stereocenters. The number of benzene rings is 1. The lowest BCUT2D eigenvalue weighted by atomic mass is 10.3. The molecule has 6 nitrogen and oxygen atoms in total. The van der Waals surface area contributed by atoms with Crippen molar-refractivity contribution in [3.8, 4) is 0 Å². The molecule has 0 bridgehead atoms. The number of carbonyl (C=O) groups excluding carboxylic acids is 1. The van der Waals surface area contributed by atoms with Crippen LogP contribution in [-0.4, -0.2) is 22.6 Å². The maximum Gasteiger partial charge on any atom is 0.351 e. The summed E-state index contributed by atoms with van der Waals surface area (Å²) in [5.74, 6) is 0.519. The van der Waals surface area contributed by atoms with Gasteiger partial charge in [0.15, 0.2) is 0 Å². The Morgan fingerprint density at radius 1 is 1.55 bits per heavy atom. The van der Waals surface area contributed by atoms with Gasteiger partial charge in [-0.3, -0.25) is 10.2 Å². The highest BCUT2D eigenvalue weighted by molar-refractivity contribution is 14.1. The van der Waals surface area contributed by atoms with Crippen molar-refractivity contribution in [2.45, 2.75) is 13.3 Å². The summed E-state index contributed by atoms with van der Waals surface area (Å²) < 4.78 is 1.03. The molecule has 2 N–H and O–H groups in total. The number of hydroxylamine groups is 1. The van der Waals surface area contributed by atoms with E-state index in [1.54, 1.807) is 0 Å². The minimum absolute atomic E-state index is 0.371. The van der Waals surface area contributed by atoms with Crippen LogP contribution in [0.5, 0.6) is 0 Å². The average Bonchev–Trinajstić information content (AvgIpc) is 2.92. The number of rotatable bonds is 5. The van der Waals surface area contributed by atoms with Crippen LogP contribution in [0.1, 0.15) is 13.3 Å². The molecular weight excluding hydrogens is 371 g/mol. The quantitative estimate of drug-likeness (QED) is 0.612. The molecule has 0 atom stereocenters. The fraction of sp³-hybridized carbons (Fsp3) is 0.231. The smallest absolute Gasteiger partial charge is 0.331 e. The number of halogens is 1. The van der Waals surface area contributed by atoms with Crippen molar-refractivity contribution < 1.29 is 9.63 Å². The van der Waals surface area contributed by atoms with Gasteiger partial charge in [0.05, 0.1) is 24.8 Å². The van der Waals surface area contributed by atoms with Crippen molar-refractivity contribution in [3.63, 3.8) is 0 Å². The van der Waals surface area contributed by atoms with Gasteiger partial charge < -0.3 is 4.98 Å². The number of aromatic amines is 1. The Labute approximate surface area is 130 Å². The zero-order valence-electron chi connectivity index (χ0n) is 11.0. The summed E-state index contributed by atoms with van der Waals surface area (Å²) in [6.07, 6.45) is 3.85. The SMILES string of the molecule is CCCON(C(=O)Nc1cnc[nH]1)c1cccc(I)c1. The zero-order valence-corrected chi connectivity index (χ0v) is 13.1. The Morgan fingerprint density at radius 3 is 3.05 bits per heavy atom. The number of H-pyrrole nitrogens is 1. The maximum atomic E-state index is 12.3. The number of hydrogen-bond donors (Lipinski definition) is 2. The predicted molar refractivity (Wildman–Crippen MR) is 85.5 cm³/mol. The number of nitrogens with zero attached hydrogens (tertiary/aromatic N) is 2. The fourth-order valence-electron chi connectivity index (χ4n) is 1.53. The van der Waals surface area contributed by atoms with E-state index in [1.807, 2.05) is 31.2 Å². The Bertz CT molecular complexity index is 559. The Morgan fingerprint density at radius 2 is 2.40 bits per heavy atom. The Kier molecular flexibility index (Phi) is 5.36. The van der Waals surface area contributed by atoms with E-state index in [0.717, 1.165) is 9.99 Å². The van der Waals surface area contributed by atoms with Gasteiger partial charge in [-0.2, -0.15) is 5.06 Å². The topological polar surface area (TPSA) is 70.2 Å². The number of imidazole rings is 1. The van der Waals surface area contributed by atoms with Gasteiger partial charge in [-0.15, -0.1) is 0 Å². The largest absolute Gasteiger partial charge is 0.351 e. The van der Waals surface area contributed by atoms with E-state index in [9.17, 15) is 4.79 Å². The van der Waals surface area contributed by atoms with Crippen LogP contribution in [0.2, 0.25) is 0 Å². The summed E-state index contributed by atoms with van der Waals surface area (Å²) in [5.41, 5.74) is 0.683. The molecule has 0 saturated heterocycles. The first kappa shape index (κ1) is 14.8. The maximum absolute atomic E-state index is 12.3. The second-order valence-electron chi connectivity index (χ2n) is 4.00. The molecular formula is C13H15IN4O2. The second kappa shape index (κ2) is 7.25. The van der Waals surface area contributed by atoms with E-state index < -0.39 is 0 Å². The summed E-state index contributed by atoms with van der Waals surface area (Å²) >= 11 is 2.19. The molecule has 0 aliphatic heterocycles. The van der Waals surface area contributed by atoms with Gasteiger partial charge in [0.1, 0.15) is 5.82 Å². The molecule has 0 spiro atoms. The van der Waals surface area contributed by atoms with Crippen molar-refractivity contribution in [2.24, 2.45) is 0 Å². The van der Waals surface area contributed by atoms with Crippen LogP contribution in [0.3, 0.4) is 0 Å². The van der Waals surface area contributed by atoms with Crippen LogP contribution in [-0.2, 0) is 4.84 Å². The number of anilines is 2. The summed E-state index contributed by atoms with van der Waals surface area (Å²) in [6.45, 7) is 2.45. The lowest BCUT2D eigenvalue weighted by Gasteiger charge is -2.21. The van der Waals surface area contributed by atoms with Gasteiger partial charge in [-0.25, -0.2) is 9.78 Å². The molecule has 2 aromatic rings. The molecule has 1 aromatic heterocycles. The monoisotopic (exact) mass is 386 g/mol. The minimum atomic E-state index is -0.371. The molecule has 7 heteroatoms. The summed E-state index contributed by atoms with van der Waals surface area (Å²) in [7, 11) is 0. The van der Waals surface area contributed by atoms with Gasteiger partial charge >= 0.3 is 6.03 Å². The van der Waals surface area contributed by atoms with Crippen LogP contribution < -0.4 is 10.4 Å². The standard InChI is InChI=1S/C13H15IN4O2/c1-2-6-20-18(11-5-3-4-10(14)7-11)13(19)17-12-8-15-9-16-12/h3-5,7-9H,2,6H2,1H3,(H,15,16)(H,17,19). The normalized spacial score (nSPS) is 10.3. The van der Waals surface area contributed by atoms with Crippen molar-refractivity contribution in [1.29, 1.82) is 0 Å². The van der Waals surface area contributed by atoms with E-state index in [2.05, 4.69) is 37.9 Å². The number of aromatic nitrogens is 2. The molecule has 2 amide bonds. The van der Waals surface area contributed by atoms with Crippen molar-refractivity contribution in [1.82, 2.24) is 9.97 Å². The first-order chi connectivity index (χ1) is 9.70. The molecule has 0 aliphatic carbocycles. The van der Waals surface area contributed by atoms with E-state index in [0.29, 0.717) is 18.1 Å². The third kappa shape index (κ3) is 3.94. The van der Waals surface area contributed by atoms with E-state index >= 15 is 0 Å². The van der Waals surface area contributed by atoms with Gasteiger partial charge in [0.25, 0.3) is 0 Å². The van der Waals surface area contributed by atoms with Crippen LogP contribution in [0, 0.1) is 3.57 Å². The highest BCUT2D eigenvalue weighted by atomic mass is 127. The third-order valence-corrected chi connectivity index (χ3v) is 3.06. The molecule has 0 fully saturated rings. The molecule has 1 aromatic carbocycles. The number of carbonyl (C=O) groups is 1. The third-order valence-electron chi connectivity index (χ3n) is 2.39. The number of nitrogens with one attached hydrogen (secondary N) is 2. The van der Waals surface area contributed by atoms with Gasteiger partial charge in [-0.1, -0.05) is 13.0 Å². The van der Waals surface area contributed by atoms with Crippen molar-refractivity contribution in [2.75, 3.05) is 17.0 Å². The summed E-state index contributed by atoms with van der Waals surface area (Å²) in [4.78, 5) is 24.5. The van der Waals surface area contributed by atoms with Crippen LogP contribution in [0.25, 0.3) is 0 Å². The molecule has 106 valence electrons. The molecule has 0 aliphatic rings. The highest BCUT2D eigenvalue weighted by Crippen LogP contribution is 2.19. The van der Waals surface area contributed by atoms with E-state index in [-0.39, 0.29) is 6.03 Å². The second-order valence-corrected chi connectivity index (χ2v) is 5.25. The van der Waals surface area contributed by atoms with Crippen LogP contribution >= 0.6 is 22.6 Å². The van der Waals surface area contributed by atoms with Gasteiger partial charge in [0.2, 0.25) is 0 Å². The fourth-order valence-corrected chi connectivity index (χ4v) is 2.05. The lowest BCUT2D eigenvalue weighted by Crippen LogP contribution is -2.35. The highest BCUT2D eigenvalue weighted by Gasteiger charge is 2.17. The van der Waals surface area contributed by atoms with E-state index in [1.165, 1.54) is 17.6 Å². The number of hydrogen-bond acceptors (Lipinski definition) is 3.